The Balaban J connectivity index is 1.69. The van der Waals surface area contributed by atoms with Gasteiger partial charge in [-0.25, -0.2) is 8.42 Å². The third-order valence-electron chi connectivity index (χ3n) is 4.43. The predicted octanol–water partition coefficient (Wildman–Crippen LogP) is 3.21. The Morgan fingerprint density at radius 2 is 1.85 bits per heavy atom. The van der Waals surface area contributed by atoms with E-state index in [4.69, 9.17) is 4.74 Å². The topological polar surface area (TPSA) is 49.9 Å². The van der Waals surface area contributed by atoms with E-state index in [1.165, 1.54) is 9.71 Å². The van der Waals surface area contributed by atoms with E-state index in [9.17, 15) is 8.42 Å². The van der Waals surface area contributed by atoms with Gasteiger partial charge in [0.05, 0.1) is 18.8 Å². The second kappa shape index (κ2) is 7.93. The van der Waals surface area contributed by atoms with E-state index in [1.54, 1.807) is 13.1 Å². The molecule has 2 aromatic carbocycles. The minimum atomic E-state index is -3.51. The van der Waals surface area contributed by atoms with Crippen LogP contribution in [0.1, 0.15) is 12.5 Å². The van der Waals surface area contributed by atoms with Crippen LogP contribution in [0.5, 0.6) is 5.75 Å². The van der Waals surface area contributed by atoms with Gasteiger partial charge in [-0.1, -0.05) is 42.5 Å². The molecule has 0 fully saturated rings. The van der Waals surface area contributed by atoms with Gasteiger partial charge in [0.15, 0.2) is 0 Å². The van der Waals surface area contributed by atoms with Crippen molar-refractivity contribution in [2.75, 3.05) is 31.6 Å². The zero-order valence-corrected chi connectivity index (χ0v) is 15.9. The molecular weight excluding hydrogens is 348 g/mol. The summed E-state index contributed by atoms with van der Waals surface area (Å²) in [6, 6.07) is 17.2. The van der Waals surface area contributed by atoms with Gasteiger partial charge in [0.1, 0.15) is 11.9 Å². The van der Waals surface area contributed by atoms with Crippen molar-refractivity contribution in [3.05, 3.63) is 65.6 Å². The van der Waals surface area contributed by atoms with E-state index in [2.05, 4.69) is 11.8 Å². The number of hydrogen-bond donors (Lipinski definition) is 0. The minimum Gasteiger partial charge on any atom is -0.485 e. The van der Waals surface area contributed by atoms with Crippen LogP contribution in [0.15, 0.2) is 60.0 Å². The van der Waals surface area contributed by atoms with Crippen molar-refractivity contribution in [1.29, 1.82) is 0 Å². The molecule has 0 N–H and O–H groups in total. The molecule has 0 aromatic heterocycles. The van der Waals surface area contributed by atoms with Crippen LogP contribution in [0.25, 0.3) is 6.08 Å². The van der Waals surface area contributed by atoms with Crippen LogP contribution in [0.4, 0.5) is 5.69 Å². The molecule has 138 valence electrons. The van der Waals surface area contributed by atoms with Gasteiger partial charge in [0.2, 0.25) is 10.0 Å². The van der Waals surface area contributed by atoms with Crippen molar-refractivity contribution >= 4 is 21.8 Å². The summed E-state index contributed by atoms with van der Waals surface area (Å²) in [5.41, 5.74) is 1.91. The molecule has 0 bridgehead atoms. The van der Waals surface area contributed by atoms with Crippen molar-refractivity contribution in [3.8, 4) is 5.75 Å². The molecule has 1 aliphatic heterocycles. The number of benzene rings is 2. The fraction of sp³-hybridized carbons (Fsp3) is 0.300. The van der Waals surface area contributed by atoms with Gasteiger partial charge in [0, 0.05) is 19.0 Å². The highest BCUT2D eigenvalue weighted by Crippen LogP contribution is 2.33. The molecule has 0 radical (unpaired) electrons. The highest BCUT2D eigenvalue weighted by Gasteiger charge is 2.28. The van der Waals surface area contributed by atoms with E-state index in [0.717, 1.165) is 23.5 Å². The molecule has 0 spiro atoms. The van der Waals surface area contributed by atoms with Gasteiger partial charge in [0.25, 0.3) is 0 Å². The number of rotatable bonds is 6. The monoisotopic (exact) mass is 372 g/mol. The number of anilines is 1. The molecule has 26 heavy (non-hydrogen) atoms. The summed E-state index contributed by atoms with van der Waals surface area (Å²) in [7, 11) is -1.92. The van der Waals surface area contributed by atoms with E-state index >= 15 is 0 Å². The molecule has 3 rings (SSSR count). The van der Waals surface area contributed by atoms with E-state index < -0.39 is 10.0 Å². The van der Waals surface area contributed by atoms with Crippen LogP contribution in [0, 0.1) is 0 Å². The lowest BCUT2D eigenvalue weighted by Gasteiger charge is -2.36. The maximum Gasteiger partial charge on any atom is 0.236 e. The van der Waals surface area contributed by atoms with Crippen molar-refractivity contribution in [1.82, 2.24) is 4.31 Å². The molecular formula is C20H24N2O3S. The first kappa shape index (κ1) is 18.5. The zero-order valence-electron chi connectivity index (χ0n) is 15.1. The van der Waals surface area contributed by atoms with Crippen LogP contribution < -0.4 is 9.64 Å². The number of likely N-dealkylation sites (N-methyl/N-ethyl adjacent to an activating group) is 2. The lowest BCUT2D eigenvalue weighted by molar-refractivity contribution is 0.172. The Labute approximate surface area is 155 Å². The quantitative estimate of drug-likeness (QED) is 0.781. The Hall–Kier alpha value is -2.31. The average Bonchev–Trinajstić information content (AvgIpc) is 2.66. The minimum absolute atomic E-state index is 0.213. The van der Waals surface area contributed by atoms with Gasteiger partial charge in [-0.15, -0.1) is 0 Å². The smallest absolute Gasteiger partial charge is 0.236 e. The van der Waals surface area contributed by atoms with Crippen LogP contribution in [0.3, 0.4) is 0 Å². The van der Waals surface area contributed by atoms with E-state index in [0.29, 0.717) is 13.1 Å². The van der Waals surface area contributed by atoms with Crippen LogP contribution >= 0.6 is 0 Å². The molecule has 5 nitrogen and oxygen atoms in total. The SMILES string of the molecule is CCN1C[C@H](CN(C)S(=O)(=O)/C=C/c2ccccc2)Oc2ccccc21. The summed E-state index contributed by atoms with van der Waals surface area (Å²) in [6.07, 6.45) is 1.40. The lowest BCUT2D eigenvalue weighted by Crippen LogP contribution is -2.46. The molecule has 2 aromatic rings. The molecule has 1 aliphatic rings. The predicted molar refractivity (Wildman–Crippen MR) is 106 cm³/mol. The summed E-state index contributed by atoms with van der Waals surface area (Å²) >= 11 is 0. The second-order valence-electron chi connectivity index (χ2n) is 6.29. The molecule has 1 atom stereocenters. The van der Waals surface area contributed by atoms with Crippen LogP contribution in [-0.2, 0) is 10.0 Å². The van der Waals surface area contributed by atoms with E-state index in [-0.39, 0.29) is 6.10 Å². The lowest BCUT2D eigenvalue weighted by atomic mass is 10.2. The van der Waals surface area contributed by atoms with Gasteiger partial charge in [-0.2, -0.15) is 4.31 Å². The van der Waals surface area contributed by atoms with Crippen LogP contribution in [0.2, 0.25) is 0 Å². The molecule has 6 heteroatoms. The standard InChI is InChI=1S/C20H24N2O3S/c1-3-22-16-18(25-20-12-8-7-11-19(20)22)15-21(2)26(23,24)14-13-17-9-5-4-6-10-17/h4-14,18H,3,15-16H2,1-2H3/b14-13+/t18-/m0/s1. The molecule has 0 saturated heterocycles. The number of para-hydroxylation sites is 2. The first-order valence-corrected chi connectivity index (χ1v) is 10.2. The van der Waals surface area contributed by atoms with E-state index in [1.807, 2.05) is 54.6 Å². The largest absolute Gasteiger partial charge is 0.485 e. The van der Waals surface area contributed by atoms with Crippen molar-refractivity contribution < 1.29 is 13.2 Å². The van der Waals surface area contributed by atoms with Crippen molar-refractivity contribution in [2.24, 2.45) is 0 Å². The maximum atomic E-state index is 12.5. The number of sulfonamides is 1. The number of fused-ring (bicyclic) bond motifs is 1. The highest BCUT2D eigenvalue weighted by molar-refractivity contribution is 7.92. The average molecular weight is 372 g/mol. The normalized spacial score (nSPS) is 17.3. The van der Waals surface area contributed by atoms with Crippen LogP contribution in [-0.4, -0.2) is 45.5 Å². The summed E-state index contributed by atoms with van der Waals surface area (Å²) in [4.78, 5) is 2.21. The summed E-state index contributed by atoms with van der Waals surface area (Å²) < 4.78 is 32.5. The molecule has 0 saturated carbocycles. The highest BCUT2D eigenvalue weighted by atomic mass is 32.2. The zero-order chi connectivity index (χ0) is 18.6. The molecule has 0 aliphatic carbocycles. The Morgan fingerprint density at radius 3 is 2.58 bits per heavy atom. The molecule has 0 unspecified atom stereocenters. The number of hydrogen-bond acceptors (Lipinski definition) is 4. The number of nitrogens with zero attached hydrogens (tertiary/aromatic N) is 2. The van der Waals surface area contributed by atoms with Crippen molar-refractivity contribution in [3.63, 3.8) is 0 Å². The Morgan fingerprint density at radius 1 is 1.15 bits per heavy atom. The summed E-state index contributed by atoms with van der Waals surface area (Å²) in [5.74, 6) is 0.802. The summed E-state index contributed by atoms with van der Waals surface area (Å²) in [6.45, 7) is 3.89. The van der Waals surface area contributed by atoms with Gasteiger partial charge < -0.3 is 9.64 Å². The van der Waals surface area contributed by atoms with Crippen molar-refractivity contribution in [2.45, 2.75) is 13.0 Å². The Kier molecular flexibility index (Phi) is 5.64. The third-order valence-corrected chi connectivity index (χ3v) is 5.93. The molecule has 0 amide bonds. The van der Waals surface area contributed by atoms with Gasteiger partial charge >= 0.3 is 0 Å². The first-order valence-electron chi connectivity index (χ1n) is 8.69. The number of ether oxygens (including phenoxy) is 1. The maximum absolute atomic E-state index is 12.5. The summed E-state index contributed by atoms with van der Waals surface area (Å²) in [5, 5.41) is 1.25. The fourth-order valence-electron chi connectivity index (χ4n) is 3.00. The first-order chi connectivity index (χ1) is 12.5. The van der Waals surface area contributed by atoms with Gasteiger partial charge in [-0.05, 0) is 30.7 Å². The third kappa shape index (κ3) is 4.26. The molecule has 1 heterocycles. The van der Waals surface area contributed by atoms with Gasteiger partial charge in [-0.3, -0.25) is 0 Å². The fourth-order valence-corrected chi connectivity index (χ4v) is 3.91. The Bertz CT molecular complexity index is 866. The second-order valence-corrected chi connectivity index (χ2v) is 8.21.